The van der Waals surface area contributed by atoms with Crippen LogP contribution in [0.4, 0.5) is 0 Å². The topological polar surface area (TPSA) is 25.2 Å². The molecule has 0 atom stereocenters. The van der Waals surface area contributed by atoms with Gasteiger partial charge >= 0.3 is 0 Å². The molecule has 0 spiro atoms. The maximum atomic E-state index is 9.04. The summed E-state index contributed by atoms with van der Waals surface area (Å²) in [6, 6.07) is 16.0. The lowest BCUT2D eigenvalue weighted by Gasteiger charge is -2.07. The Balaban J connectivity index is 1.96. The minimum atomic E-state index is 0.0819. The van der Waals surface area contributed by atoms with Crippen molar-refractivity contribution in [1.82, 2.24) is 4.57 Å². The Morgan fingerprint density at radius 1 is 0.947 bits per heavy atom. The zero-order valence-corrected chi connectivity index (χ0v) is 11.1. The lowest BCUT2D eigenvalue weighted by Crippen LogP contribution is -1.98. The monoisotopic (exact) mass is 271 g/mol. The summed E-state index contributed by atoms with van der Waals surface area (Å²) in [6.45, 7) is 0.859. The molecule has 0 aliphatic heterocycles. The number of nitrogens with zero attached hydrogens (tertiary/aromatic N) is 1. The summed E-state index contributed by atoms with van der Waals surface area (Å²) in [6.07, 6.45) is 2.05. The first-order chi connectivity index (χ1) is 9.28. The number of halogens is 1. The Labute approximate surface area is 116 Å². The standard InChI is InChI=1S/C16H14ClNO/c17-15-3-1-2-14-8-9-18(16(14)15)10-12-4-6-13(11-19)7-5-12/h1-9,19H,10-11H2. The van der Waals surface area contributed by atoms with Gasteiger partial charge in [0.25, 0.3) is 0 Å². The van der Waals surface area contributed by atoms with E-state index in [1.165, 1.54) is 5.56 Å². The molecule has 0 aliphatic rings. The SMILES string of the molecule is OCc1ccc(Cn2ccc3cccc(Cl)c32)cc1. The zero-order valence-electron chi connectivity index (χ0n) is 10.4. The van der Waals surface area contributed by atoms with Crippen LogP contribution in [0.1, 0.15) is 11.1 Å². The van der Waals surface area contributed by atoms with Gasteiger partial charge in [0.2, 0.25) is 0 Å². The molecule has 0 bridgehead atoms. The molecular formula is C16H14ClNO. The molecule has 0 fully saturated rings. The molecule has 0 saturated carbocycles. The van der Waals surface area contributed by atoms with Gasteiger partial charge in [-0.1, -0.05) is 48.0 Å². The van der Waals surface area contributed by atoms with Crippen molar-refractivity contribution in [3.63, 3.8) is 0 Å². The van der Waals surface area contributed by atoms with Crippen LogP contribution in [-0.4, -0.2) is 9.67 Å². The fourth-order valence-electron chi connectivity index (χ4n) is 2.29. The fraction of sp³-hybridized carbons (Fsp3) is 0.125. The first-order valence-electron chi connectivity index (χ1n) is 6.20. The predicted octanol–water partition coefficient (Wildman–Crippen LogP) is 3.84. The number of benzene rings is 2. The van der Waals surface area contributed by atoms with Crippen molar-refractivity contribution in [3.8, 4) is 0 Å². The van der Waals surface area contributed by atoms with E-state index in [4.69, 9.17) is 16.7 Å². The Morgan fingerprint density at radius 3 is 2.42 bits per heavy atom. The molecular weight excluding hydrogens is 258 g/mol. The smallest absolute Gasteiger partial charge is 0.0681 e. The molecule has 0 radical (unpaired) electrons. The molecule has 0 saturated heterocycles. The molecule has 3 rings (SSSR count). The Bertz CT molecular complexity index is 700. The number of rotatable bonds is 3. The molecule has 1 heterocycles. The van der Waals surface area contributed by atoms with E-state index >= 15 is 0 Å². The van der Waals surface area contributed by atoms with Gasteiger partial charge in [0, 0.05) is 18.1 Å². The van der Waals surface area contributed by atoms with Crippen molar-refractivity contribution in [1.29, 1.82) is 0 Å². The summed E-state index contributed by atoms with van der Waals surface area (Å²) in [5.74, 6) is 0. The molecule has 1 aromatic heterocycles. The second kappa shape index (κ2) is 5.08. The number of aliphatic hydroxyl groups is 1. The molecule has 3 aromatic rings. The number of para-hydroxylation sites is 1. The van der Waals surface area contributed by atoms with Gasteiger partial charge in [-0.15, -0.1) is 0 Å². The van der Waals surface area contributed by atoms with Crippen LogP contribution in [0.25, 0.3) is 10.9 Å². The van der Waals surface area contributed by atoms with Crippen molar-refractivity contribution < 1.29 is 5.11 Å². The highest BCUT2D eigenvalue weighted by Crippen LogP contribution is 2.25. The van der Waals surface area contributed by atoms with Crippen LogP contribution in [0.2, 0.25) is 5.02 Å². The lowest BCUT2D eigenvalue weighted by atomic mass is 10.1. The predicted molar refractivity (Wildman–Crippen MR) is 78.4 cm³/mol. The van der Waals surface area contributed by atoms with E-state index in [0.29, 0.717) is 0 Å². The Morgan fingerprint density at radius 2 is 1.68 bits per heavy atom. The maximum absolute atomic E-state index is 9.04. The molecule has 0 amide bonds. The van der Waals surface area contributed by atoms with Crippen LogP contribution < -0.4 is 0 Å². The van der Waals surface area contributed by atoms with Crippen LogP contribution >= 0.6 is 11.6 Å². The molecule has 0 aliphatic carbocycles. The van der Waals surface area contributed by atoms with Crippen molar-refractivity contribution in [3.05, 3.63) is 70.9 Å². The summed E-state index contributed by atoms with van der Waals surface area (Å²) in [5.41, 5.74) is 3.18. The zero-order chi connectivity index (χ0) is 13.2. The number of aromatic nitrogens is 1. The molecule has 0 unspecified atom stereocenters. The van der Waals surface area contributed by atoms with Crippen LogP contribution in [0.15, 0.2) is 54.7 Å². The van der Waals surface area contributed by atoms with Crippen molar-refractivity contribution in [2.45, 2.75) is 13.2 Å². The molecule has 19 heavy (non-hydrogen) atoms. The van der Waals surface area contributed by atoms with Gasteiger partial charge in [0.15, 0.2) is 0 Å². The van der Waals surface area contributed by atoms with E-state index in [0.717, 1.165) is 28.0 Å². The van der Waals surface area contributed by atoms with Gasteiger partial charge in [-0.2, -0.15) is 0 Å². The van der Waals surface area contributed by atoms with E-state index in [2.05, 4.69) is 22.9 Å². The summed E-state index contributed by atoms with van der Waals surface area (Å²) in [4.78, 5) is 0. The van der Waals surface area contributed by atoms with Crippen molar-refractivity contribution in [2.24, 2.45) is 0 Å². The van der Waals surface area contributed by atoms with Crippen LogP contribution in [0.3, 0.4) is 0 Å². The van der Waals surface area contributed by atoms with Gasteiger partial charge in [0.05, 0.1) is 17.1 Å². The van der Waals surface area contributed by atoms with E-state index in [1.807, 2.05) is 36.4 Å². The fourth-order valence-corrected chi connectivity index (χ4v) is 2.58. The van der Waals surface area contributed by atoms with E-state index in [1.54, 1.807) is 0 Å². The normalized spacial score (nSPS) is 11.1. The lowest BCUT2D eigenvalue weighted by molar-refractivity contribution is 0.282. The quantitative estimate of drug-likeness (QED) is 0.769. The van der Waals surface area contributed by atoms with Crippen LogP contribution in [0.5, 0.6) is 0 Å². The number of hydrogen-bond acceptors (Lipinski definition) is 1. The average Bonchev–Trinajstić information content (AvgIpc) is 2.84. The third-order valence-corrected chi connectivity index (χ3v) is 3.60. The number of hydrogen-bond donors (Lipinski definition) is 1. The van der Waals surface area contributed by atoms with Crippen LogP contribution in [-0.2, 0) is 13.2 Å². The van der Waals surface area contributed by atoms with Gasteiger partial charge in [-0.05, 0) is 23.3 Å². The summed E-state index contributed by atoms with van der Waals surface area (Å²) in [7, 11) is 0. The second-order valence-corrected chi connectivity index (χ2v) is 5.00. The van der Waals surface area contributed by atoms with Crippen molar-refractivity contribution in [2.75, 3.05) is 0 Å². The Kier molecular flexibility index (Phi) is 3.28. The molecule has 96 valence electrons. The molecule has 1 N–H and O–H groups in total. The third-order valence-electron chi connectivity index (χ3n) is 3.30. The van der Waals surface area contributed by atoms with Gasteiger partial charge < -0.3 is 9.67 Å². The first kappa shape index (κ1) is 12.3. The third kappa shape index (κ3) is 2.37. The minimum absolute atomic E-state index is 0.0819. The summed E-state index contributed by atoms with van der Waals surface area (Å²) >= 11 is 6.26. The highest BCUT2D eigenvalue weighted by Gasteiger charge is 2.05. The largest absolute Gasteiger partial charge is 0.392 e. The summed E-state index contributed by atoms with van der Waals surface area (Å²) < 4.78 is 2.14. The highest BCUT2D eigenvalue weighted by molar-refractivity contribution is 6.35. The van der Waals surface area contributed by atoms with E-state index in [-0.39, 0.29) is 6.61 Å². The average molecular weight is 272 g/mol. The Hall–Kier alpha value is -1.77. The molecule has 3 heteroatoms. The van der Waals surface area contributed by atoms with Crippen molar-refractivity contribution >= 4 is 22.5 Å². The number of fused-ring (bicyclic) bond motifs is 1. The molecule has 2 nitrogen and oxygen atoms in total. The minimum Gasteiger partial charge on any atom is -0.392 e. The van der Waals surface area contributed by atoms with E-state index in [9.17, 15) is 0 Å². The van der Waals surface area contributed by atoms with E-state index < -0.39 is 0 Å². The highest BCUT2D eigenvalue weighted by atomic mass is 35.5. The van der Waals surface area contributed by atoms with Gasteiger partial charge in [-0.3, -0.25) is 0 Å². The first-order valence-corrected chi connectivity index (χ1v) is 6.58. The second-order valence-electron chi connectivity index (χ2n) is 4.60. The van der Waals surface area contributed by atoms with Gasteiger partial charge in [-0.25, -0.2) is 0 Å². The molecule has 2 aromatic carbocycles. The maximum Gasteiger partial charge on any atom is 0.0681 e. The number of aliphatic hydroxyl groups excluding tert-OH is 1. The van der Waals surface area contributed by atoms with Gasteiger partial charge in [0.1, 0.15) is 0 Å². The van der Waals surface area contributed by atoms with Crippen LogP contribution in [0, 0.1) is 0 Å². The summed E-state index contributed by atoms with van der Waals surface area (Å²) in [5, 5.41) is 11.0.